The molecule has 0 aliphatic rings. The molecule has 0 radical (unpaired) electrons. The largest absolute Gasteiger partial charge is 0.396 e. The quantitative estimate of drug-likeness (QED) is 0.862. The molecule has 120 valence electrons. The molecule has 2 rings (SSSR count). The van der Waals surface area contributed by atoms with Gasteiger partial charge in [-0.3, -0.25) is 0 Å². The summed E-state index contributed by atoms with van der Waals surface area (Å²) in [6.45, 7) is 6.42. The number of aliphatic hydroxyl groups is 1. The van der Waals surface area contributed by atoms with E-state index >= 15 is 0 Å². The SMILES string of the molecule is Cc1nn(-c2ccc(F)cc2F)c(C)c1CNC(C)CCO. The summed E-state index contributed by atoms with van der Waals surface area (Å²) in [6, 6.07) is 3.63. The summed E-state index contributed by atoms with van der Waals surface area (Å²) in [5, 5.41) is 16.6. The van der Waals surface area contributed by atoms with Crippen molar-refractivity contribution < 1.29 is 13.9 Å². The summed E-state index contributed by atoms with van der Waals surface area (Å²) in [7, 11) is 0. The lowest BCUT2D eigenvalue weighted by atomic mass is 10.1. The third-order valence-corrected chi connectivity index (χ3v) is 3.77. The Hall–Kier alpha value is -1.79. The maximum Gasteiger partial charge on any atom is 0.151 e. The average molecular weight is 309 g/mol. The van der Waals surface area contributed by atoms with Crippen molar-refractivity contribution in [3.05, 3.63) is 46.8 Å². The number of hydrogen-bond donors (Lipinski definition) is 2. The summed E-state index contributed by atoms with van der Waals surface area (Å²) in [5.74, 6) is -1.25. The second-order valence-electron chi connectivity index (χ2n) is 5.45. The fourth-order valence-corrected chi connectivity index (χ4v) is 2.39. The van der Waals surface area contributed by atoms with Crippen LogP contribution in [0.15, 0.2) is 18.2 Å². The van der Waals surface area contributed by atoms with Gasteiger partial charge >= 0.3 is 0 Å². The zero-order chi connectivity index (χ0) is 16.3. The molecule has 0 amide bonds. The van der Waals surface area contributed by atoms with Crippen LogP contribution in [0.2, 0.25) is 0 Å². The van der Waals surface area contributed by atoms with Gasteiger partial charge in [-0.05, 0) is 39.3 Å². The van der Waals surface area contributed by atoms with E-state index in [-0.39, 0.29) is 18.3 Å². The van der Waals surface area contributed by atoms with Crippen molar-refractivity contribution in [2.45, 2.75) is 39.8 Å². The second-order valence-corrected chi connectivity index (χ2v) is 5.45. The molecular weight excluding hydrogens is 288 g/mol. The molecule has 4 nitrogen and oxygen atoms in total. The fourth-order valence-electron chi connectivity index (χ4n) is 2.39. The number of nitrogens with zero attached hydrogens (tertiary/aromatic N) is 2. The summed E-state index contributed by atoms with van der Waals surface area (Å²) in [6.07, 6.45) is 0.665. The van der Waals surface area contributed by atoms with Crippen molar-refractivity contribution in [2.75, 3.05) is 6.61 Å². The number of aryl methyl sites for hydroxylation is 1. The predicted molar refractivity (Wildman–Crippen MR) is 81.0 cm³/mol. The van der Waals surface area contributed by atoms with E-state index < -0.39 is 11.6 Å². The van der Waals surface area contributed by atoms with Crippen molar-refractivity contribution in [1.29, 1.82) is 0 Å². The van der Waals surface area contributed by atoms with Crippen molar-refractivity contribution in [3.8, 4) is 5.69 Å². The zero-order valence-corrected chi connectivity index (χ0v) is 13.0. The molecule has 6 heteroatoms. The fraction of sp³-hybridized carbons (Fsp3) is 0.438. The number of nitrogens with one attached hydrogen (secondary N) is 1. The van der Waals surface area contributed by atoms with Crippen LogP contribution < -0.4 is 5.32 Å². The number of hydrogen-bond acceptors (Lipinski definition) is 3. The third kappa shape index (κ3) is 3.51. The third-order valence-electron chi connectivity index (χ3n) is 3.77. The Balaban J connectivity index is 2.27. The minimum Gasteiger partial charge on any atom is -0.396 e. The van der Waals surface area contributed by atoms with E-state index in [1.54, 1.807) is 0 Å². The van der Waals surface area contributed by atoms with Crippen LogP contribution in [0.1, 0.15) is 30.3 Å². The van der Waals surface area contributed by atoms with Gasteiger partial charge in [0.15, 0.2) is 5.82 Å². The lowest BCUT2D eigenvalue weighted by Gasteiger charge is -2.12. The van der Waals surface area contributed by atoms with E-state index in [2.05, 4.69) is 10.4 Å². The molecular formula is C16H21F2N3O. The van der Waals surface area contributed by atoms with E-state index in [0.29, 0.717) is 13.0 Å². The van der Waals surface area contributed by atoms with Crippen LogP contribution in [-0.4, -0.2) is 27.5 Å². The molecule has 1 atom stereocenters. The highest BCUT2D eigenvalue weighted by Gasteiger charge is 2.16. The average Bonchev–Trinajstić information content (AvgIpc) is 2.72. The van der Waals surface area contributed by atoms with Crippen LogP contribution in [-0.2, 0) is 6.54 Å². The Morgan fingerprint density at radius 3 is 2.68 bits per heavy atom. The number of rotatable bonds is 6. The molecule has 0 aliphatic carbocycles. The molecule has 0 aliphatic heterocycles. The van der Waals surface area contributed by atoms with Gasteiger partial charge in [0.25, 0.3) is 0 Å². The van der Waals surface area contributed by atoms with Gasteiger partial charge in [-0.15, -0.1) is 0 Å². The number of benzene rings is 1. The first-order valence-corrected chi connectivity index (χ1v) is 7.28. The Morgan fingerprint density at radius 2 is 2.05 bits per heavy atom. The van der Waals surface area contributed by atoms with Crippen molar-refractivity contribution in [1.82, 2.24) is 15.1 Å². The van der Waals surface area contributed by atoms with Crippen LogP contribution in [0.4, 0.5) is 8.78 Å². The summed E-state index contributed by atoms with van der Waals surface area (Å²) in [4.78, 5) is 0. The maximum atomic E-state index is 13.9. The van der Waals surface area contributed by atoms with E-state index in [1.165, 1.54) is 16.8 Å². The van der Waals surface area contributed by atoms with Gasteiger partial charge in [0, 0.05) is 36.5 Å². The highest BCUT2D eigenvalue weighted by Crippen LogP contribution is 2.20. The first-order chi connectivity index (χ1) is 10.4. The molecule has 22 heavy (non-hydrogen) atoms. The number of aromatic nitrogens is 2. The summed E-state index contributed by atoms with van der Waals surface area (Å²) < 4.78 is 28.5. The normalized spacial score (nSPS) is 12.6. The molecule has 0 saturated carbocycles. The first-order valence-electron chi connectivity index (χ1n) is 7.28. The standard InChI is InChI=1S/C16H21F2N3O/c1-10(6-7-22)19-9-14-11(2)20-21(12(14)3)16-5-4-13(17)8-15(16)18/h4-5,8,10,19,22H,6-7,9H2,1-3H3. The van der Waals surface area contributed by atoms with Gasteiger partial charge in [0.1, 0.15) is 11.5 Å². The zero-order valence-electron chi connectivity index (χ0n) is 13.0. The minimum atomic E-state index is -0.640. The Morgan fingerprint density at radius 1 is 1.32 bits per heavy atom. The monoisotopic (exact) mass is 309 g/mol. The highest BCUT2D eigenvalue weighted by atomic mass is 19.1. The first kappa shape index (κ1) is 16.6. The van der Waals surface area contributed by atoms with E-state index in [1.807, 2.05) is 20.8 Å². The summed E-state index contributed by atoms with van der Waals surface area (Å²) >= 11 is 0. The predicted octanol–water partition coefficient (Wildman–Crippen LogP) is 2.63. The Bertz CT molecular complexity index is 655. The highest BCUT2D eigenvalue weighted by molar-refractivity contribution is 5.38. The van der Waals surface area contributed by atoms with Crippen LogP contribution >= 0.6 is 0 Å². The number of halogens is 2. The van der Waals surface area contributed by atoms with Gasteiger partial charge < -0.3 is 10.4 Å². The van der Waals surface area contributed by atoms with E-state index in [4.69, 9.17) is 5.11 Å². The molecule has 1 aromatic carbocycles. The van der Waals surface area contributed by atoms with Gasteiger partial charge in [0.05, 0.1) is 5.69 Å². The second kappa shape index (κ2) is 6.98. The lowest BCUT2D eigenvalue weighted by Crippen LogP contribution is -2.26. The lowest BCUT2D eigenvalue weighted by molar-refractivity contribution is 0.268. The molecule has 1 unspecified atom stereocenters. The molecule has 0 bridgehead atoms. The van der Waals surface area contributed by atoms with Crippen LogP contribution in [0.25, 0.3) is 5.69 Å². The van der Waals surface area contributed by atoms with Gasteiger partial charge in [0.2, 0.25) is 0 Å². The van der Waals surface area contributed by atoms with Gasteiger partial charge in [-0.2, -0.15) is 5.10 Å². The molecule has 0 spiro atoms. The number of aliphatic hydroxyl groups excluding tert-OH is 1. The Kier molecular flexibility index (Phi) is 5.26. The summed E-state index contributed by atoms with van der Waals surface area (Å²) in [5.41, 5.74) is 2.82. The van der Waals surface area contributed by atoms with Crippen molar-refractivity contribution in [2.24, 2.45) is 0 Å². The molecule has 2 aromatic rings. The van der Waals surface area contributed by atoms with Crippen LogP contribution in [0.3, 0.4) is 0 Å². The smallest absolute Gasteiger partial charge is 0.151 e. The van der Waals surface area contributed by atoms with Crippen LogP contribution in [0, 0.1) is 25.5 Å². The topological polar surface area (TPSA) is 50.1 Å². The molecule has 2 N–H and O–H groups in total. The Labute approximate surface area is 128 Å². The van der Waals surface area contributed by atoms with E-state index in [9.17, 15) is 8.78 Å². The minimum absolute atomic E-state index is 0.131. The van der Waals surface area contributed by atoms with Crippen molar-refractivity contribution >= 4 is 0 Å². The molecule has 1 heterocycles. The van der Waals surface area contributed by atoms with E-state index in [0.717, 1.165) is 23.0 Å². The maximum absolute atomic E-state index is 13.9. The molecule has 0 fully saturated rings. The van der Waals surface area contributed by atoms with Crippen molar-refractivity contribution in [3.63, 3.8) is 0 Å². The molecule has 1 aromatic heterocycles. The molecule has 0 saturated heterocycles. The van der Waals surface area contributed by atoms with Crippen LogP contribution in [0.5, 0.6) is 0 Å². The van der Waals surface area contributed by atoms with Gasteiger partial charge in [-0.1, -0.05) is 0 Å². The van der Waals surface area contributed by atoms with Gasteiger partial charge in [-0.25, -0.2) is 13.5 Å².